The number of ether oxygens (including phenoxy) is 1. The quantitative estimate of drug-likeness (QED) is 0.679. The maximum absolute atomic E-state index is 12.6. The van der Waals surface area contributed by atoms with Crippen molar-refractivity contribution in [1.82, 2.24) is 20.2 Å². The molecular weight excluding hydrogens is 258 g/mol. The van der Waals surface area contributed by atoms with E-state index in [9.17, 15) is 13.6 Å². The third-order valence-electron chi connectivity index (χ3n) is 2.52. The van der Waals surface area contributed by atoms with E-state index in [1.165, 1.54) is 19.5 Å². The number of amides is 1. The van der Waals surface area contributed by atoms with Gasteiger partial charge >= 0.3 is 6.55 Å². The average Bonchev–Trinajstić information content (AvgIpc) is 2.84. The molecule has 1 heterocycles. The predicted octanol–water partition coefficient (Wildman–Crippen LogP) is 0.519. The fourth-order valence-electron chi connectivity index (χ4n) is 1.43. The molecule has 0 fully saturated rings. The molecule has 1 amide bonds. The number of imidazole rings is 1. The summed E-state index contributed by atoms with van der Waals surface area (Å²) in [5.74, 6) is -0.0289. The minimum absolute atomic E-state index is 0.0935. The van der Waals surface area contributed by atoms with Gasteiger partial charge < -0.3 is 10.1 Å². The Morgan fingerprint density at radius 2 is 2.32 bits per heavy atom. The number of alkyl halides is 2. The highest BCUT2D eigenvalue weighted by Gasteiger charge is 2.15. The van der Waals surface area contributed by atoms with Crippen molar-refractivity contribution in [1.29, 1.82) is 0 Å². The van der Waals surface area contributed by atoms with Crippen LogP contribution in [0.25, 0.3) is 0 Å². The largest absolute Gasteiger partial charge is 0.383 e. The average molecular weight is 276 g/mol. The number of carbonyl (C=O) groups is 1. The summed E-state index contributed by atoms with van der Waals surface area (Å²) in [7, 11) is 1.54. The highest BCUT2D eigenvalue weighted by atomic mass is 19.3. The van der Waals surface area contributed by atoms with Crippen LogP contribution in [0.15, 0.2) is 12.4 Å². The minimum atomic E-state index is -2.63. The zero-order valence-electron chi connectivity index (χ0n) is 10.9. The number of hydrogen-bond acceptors (Lipinski definition) is 4. The van der Waals surface area contributed by atoms with Crippen molar-refractivity contribution in [2.24, 2.45) is 0 Å². The summed E-state index contributed by atoms with van der Waals surface area (Å²) in [4.78, 5) is 15.4. The second-order valence-electron chi connectivity index (χ2n) is 3.91. The summed E-state index contributed by atoms with van der Waals surface area (Å²) in [6, 6.07) is -0.500. The lowest BCUT2D eigenvalue weighted by molar-refractivity contribution is -0.123. The normalized spacial score (nSPS) is 12.7. The van der Waals surface area contributed by atoms with Crippen LogP contribution in [0.4, 0.5) is 8.78 Å². The molecule has 1 aromatic heterocycles. The lowest BCUT2D eigenvalue weighted by atomic mass is 10.3. The van der Waals surface area contributed by atoms with Gasteiger partial charge in [0.1, 0.15) is 5.82 Å². The minimum Gasteiger partial charge on any atom is -0.383 e. The number of nitrogens with zero attached hydrogens (tertiary/aromatic N) is 2. The summed E-state index contributed by atoms with van der Waals surface area (Å²) >= 11 is 0. The Kier molecular flexibility index (Phi) is 6.37. The zero-order valence-corrected chi connectivity index (χ0v) is 10.9. The van der Waals surface area contributed by atoms with Crippen molar-refractivity contribution in [3.05, 3.63) is 18.2 Å². The fourth-order valence-corrected chi connectivity index (χ4v) is 1.43. The Hall–Kier alpha value is -1.54. The number of aromatic nitrogens is 2. The van der Waals surface area contributed by atoms with Gasteiger partial charge in [-0.2, -0.15) is 8.78 Å². The SMILES string of the molecule is COCCNC(=O)C(C)NCc1nccn1C(F)F. The maximum atomic E-state index is 12.6. The van der Waals surface area contributed by atoms with Crippen molar-refractivity contribution in [3.63, 3.8) is 0 Å². The van der Waals surface area contributed by atoms with Crippen LogP contribution in [0.1, 0.15) is 19.3 Å². The topological polar surface area (TPSA) is 68.2 Å². The molecule has 8 heteroatoms. The number of carbonyl (C=O) groups excluding carboxylic acids is 1. The van der Waals surface area contributed by atoms with Crippen LogP contribution in [-0.2, 0) is 16.1 Å². The molecule has 0 saturated carbocycles. The van der Waals surface area contributed by atoms with E-state index in [1.807, 2.05) is 0 Å². The molecule has 108 valence electrons. The molecule has 0 spiro atoms. The van der Waals surface area contributed by atoms with Gasteiger partial charge in [-0.3, -0.25) is 14.7 Å². The van der Waals surface area contributed by atoms with Gasteiger partial charge in [0, 0.05) is 26.0 Å². The molecule has 0 bridgehead atoms. The van der Waals surface area contributed by atoms with Gasteiger partial charge in [0.05, 0.1) is 19.2 Å². The molecular formula is C11H18F2N4O2. The molecule has 1 rings (SSSR count). The molecule has 6 nitrogen and oxygen atoms in total. The molecule has 0 aromatic carbocycles. The molecule has 19 heavy (non-hydrogen) atoms. The van der Waals surface area contributed by atoms with Crippen LogP contribution >= 0.6 is 0 Å². The van der Waals surface area contributed by atoms with Gasteiger partial charge in [-0.25, -0.2) is 4.98 Å². The predicted molar refractivity (Wildman–Crippen MR) is 64.7 cm³/mol. The van der Waals surface area contributed by atoms with Gasteiger partial charge in [-0.05, 0) is 6.92 Å². The van der Waals surface area contributed by atoms with E-state index in [2.05, 4.69) is 15.6 Å². The molecule has 0 radical (unpaired) electrons. The number of nitrogens with one attached hydrogen (secondary N) is 2. The Morgan fingerprint density at radius 3 is 2.95 bits per heavy atom. The number of methoxy groups -OCH3 is 1. The van der Waals surface area contributed by atoms with Crippen LogP contribution in [0.5, 0.6) is 0 Å². The maximum Gasteiger partial charge on any atom is 0.319 e. The van der Waals surface area contributed by atoms with E-state index in [0.717, 1.165) is 4.57 Å². The zero-order chi connectivity index (χ0) is 14.3. The van der Waals surface area contributed by atoms with Gasteiger partial charge in [0.15, 0.2) is 0 Å². The second-order valence-corrected chi connectivity index (χ2v) is 3.91. The van der Waals surface area contributed by atoms with Crippen LogP contribution in [0, 0.1) is 0 Å². The Balaban J connectivity index is 2.38. The summed E-state index contributed by atoms with van der Waals surface area (Å²) in [6.45, 7) is -0.0555. The van der Waals surface area contributed by atoms with Crippen LogP contribution < -0.4 is 10.6 Å². The van der Waals surface area contributed by atoms with Crippen LogP contribution in [0.3, 0.4) is 0 Å². The monoisotopic (exact) mass is 276 g/mol. The van der Waals surface area contributed by atoms with Crippen molar-refractivity contribution >= 4 is 5.91 Å². The van der Waals surface area contributed by atoms with E-state index in [0.29, 0.717) is 13.2 Å². The number of rotatable bonds is 8. The molecule has 0 saturated heterocycles. The van der Waals surface area contributed by atoms with Crippen LogP contribution in [-0.4, -0.2) is 41.8 Å². The van der Waals surface area contributed by atoms with E-state index in [4.69, 9.17) is 4.74 Å². The van der Waals surface area contributed by atoms with Crippen molar-refractivity contribution in [2.45, 2.75) is 26.1 Å². The molecule has 1 unspecified atom stereocenters. The summed E-state index contributed by atoms with van der Waals surface area (Å²) in [5, 5.41) is 5.49. The molecule has 1 aromatic rings. The van der Waals surface area contributed by atoms with Crippen molar-refractivity contribution in [3.8, 4) is 0 Å². The first-order valence-corrected chi connectivity index (χ1v) is 5.86. The summed E-state index contributed by atoms with van der Waals surface area (Å²) in [5.41, 5.74) is 0. The second kappa shape index (κ2) is 7.80. The lowest BCUT2D eigenvalue weighted by Crippen LogP contribution is -2.43. The fraction of sp³-hybridized carbons (Fsp3) is 0.636. The van der Waals surface area contributed by atoms with Gasteiger partial charge in [-0.1, -0.05) is 0 Å². The van der Waals surface area contributed by atoms with Gasteiger partial charge in [0.25, 0.3) is 0 Å². The van der Waals surface area contributed by atoms with Crippen molar-refractivity contribution < 1.29 is 18.3 Å². The van der Waals surface area contributed by atoms with E-state index >= 15 is 0 Å². The Morgan fingerprint density at radius 1 is 1.58 bits per heavy atom. The van der Waals surface area contributed by atoms with Gasteiger partial charge in [0.2, 0.25) is 5.91 Å². The third kappa shape index (κ3) is 4.92. The standard InChI is InChI=1S/C11H18F2N4O2/c1-8(10(18)15-4-6-19-2)16-7-9-14-3-5-17(9)11(12)13/h3,5,8,11,16H,4,6-7H2,1-2H3,(H,15,18). The highest BCUT2D eigenvalue weighted by molar-refractivity contribution is 5.81. The molecule has 0 aliphatic rings. The number of halogens is 2. The molecule has 0 aliphatic carbocycles. The van der Waals surface area contributed by atoms with E-state index in [1.54, 1.807) is 6.92 Å². The summed E-state index contributed by atoms with van der Waals surface area (Å²) < 4.78 is 30.7. The molecule has 1 atom stereocenters. The van der Waals surface area contributed by atoms with E-state index in [-0.39, 0.29) is 18.3 Å². The van der Waals surface area contributed by atoms with Crippen LogP contribution in [0.2, 0.25) is 0 Å². The van der Waals surface area contributed by atoms with E-state index < -0.39 is 12.6 Å². The third-order valence-corrected chi connectivity index (χ3v) is 2.52. The van der Waals surface area contributed by atoms with Crippen molar-refractivity contribution in [2.75, 3.05) is 20.3 Å². The number of hydrogen-bond donors (Lipinski definition) is 2. The Bertz CT molecular complexity index is 398. The molecule has 2 N–H and O–H groups in total. The first-order chi connectivity index (χ1) is 9.06. The summed E-state index contributed by atoms with van der Waals surface area (Å²) in [6.07, 6.45) is 2.50. The highest BCUT2D eigenvalue weighted by Crippen LogP contribution is 2.11. The molecule has 0 aliphatic heterocycles. The first-order valence-electron chi connectivity index (χ1n) is 5.86. The van der Waals surface area contributed by atoms with Gasteiger partial charge in [-0.15, -0.1) is 0 Å². The lowest BCUT2D eigenvalue weighted by Gasteiger charge is -2.14. The smallest absolute Gasteiger partial charge is 0.319 e. The Labute approximate surface area is 110 Å². The first kappa shape index (κ1) is 15.5.